The van der Waals surface area contributed by atoms with E-state index in [1.807, 2.05) is 12.1 Å². The highest BCUT2D eigenvalue weighted by atomic mass is 35.5. The summed E-state index contributed by atoms with van der Waals surface area (Å²) in [7, 11) is 0. The van der Waals surface area contributed by atoms with Gasteiger partial charge in [0, 0.05) is 16.0 Å². The molecule has 0 aliphatic carbocycles. The fourth-order valence-electron chi connectivity index (χ4n) is 2.73. The molecule has 5 nitrogen and oxygen atoms in total. The predicted molar refractivity (Wildman–Crippen MR) is 114 cm³/mol. The molecule has 0 aliphatic heterocycles. The molecule has 3 aromatic rings. The quantitative estimate of drug-likeness (QED) is 0.547. The highest BCUT2D eigenvalue weighted by Gasteiger charge is 2.28. The number of rotatable bonds is 6. The number of hydrogen-bond donors (Lipinski definition) is 2. The minimum atomic E-state index is -1.01. The van der Waals surface area contributed by atoms with Crippen LogP contribution in [0.15, 0.2) is 47.8 Å². The first-order chi connectivity index (χ1) is 14.3. The van der Waals surface area contributed by atoms with Crippen LogP contribution in [0, 0.1) is 17.6 Å². The van der Waals surface area contributed by atoms with Gasteiger partial charge in [0.1, 0.15) is 23.2 Å². The molecule has 1 unspecified atom stereocenters. The average Bonchev–Trinajstić information content (AvgIpc) is 3.14. The molecular weight excluding hydrogens is 432 g/mol. The Morgan fingerprint density at radius 3 is 2.30 bits per heavy atom. The number of nitrogens with zero attached hydrogens (tertiary/aromatic N) is 1. The molecule has 2 aromatic carbocycles. The van der Waals surface area contributed by atoms with E-state index in [9.17, 15) is 18.4 Å². The fraction of sp³-hybridized carbons (Fsp3) is 0.190. The van der Waals surface area contributed by atoms with E-state index in [4.69, 9.17) is 11.6 Å². The van der Waals surface area contributed by atoms with Gasteiger partial charge in [-0.25, -0.2) is 13.8 Å². The minimum Gasteiger partial charge on any atom is -0.340 e. The number of carbonyl (C=O) groups excluding carboxylic acids is 2. The Balaban J connectivity index is 1.73. The van der Waals surface area contributed by atoms with Crippen LogP contribution in [0.3, 0.4) is 0 Å². The van der Waals surface area contributed by atoms with E-state index in [1.54, 1.807) is 31.4 Å². The van der Waals surface area contributed by atoms with E-state index in [0.717, 1.165) is 23.8 Å². The van der Waals surface area contributed by atoms with E-state index >= 15 is 0 Å². The van der Waals surface area contributed by atoms with E-state index < -0.39 is 35.1 Å². The monoisotopic (exact) mass is 449 g/mol. The molecule has 1 heterocycles. The normalized spacial score (nSPS) is 11.9. The lowest BCUT2D eigenvalue weighted by Gasteiger charge is -2.21. The number of anilines is 1. The summed E-state index contributed by atoms with van der Waals surface area (Å²) < 4.78 is 27.7. The standard InChI is InChI=1S/C21H18ClF2N3O2S/c1-11(2)18(26-19(28)17-14(23)4-3-5-15(17)24)20(29)27-21-25-16(10-30-21)12-6-8-13(22)9-7-12/h3-11,18H,1-2H3,(H,26,28)(H,25,27,29). The maximum atomic E-state index is 13.9. The Morgan fingerprint density at radius 2 is 1.70 bits per heavy atom. The second-order valence-electron chi connectivity index (χ2n) is 6.83. The summed E-state index contributed by atoms with van der Waals surface area (Å²) in [5.41, 5.74) is 0.764. The smallest absolute Gasteiger partial charge is 0.257 e. The van der Waals surface area contributed by atoms with Crippen molar-refractivity contribution in [2.45, 2.75) is 19.9 Å². The third-order valence-electron chi connectivity index (χ3n) is 4.30. The summed E-state index contributed by atoms with van der Waals surface area (Å²) in [5.74, 6) is -3.86. The Morgan fingerprint density at radius 1 is 1.07 bits per heavy atom. The van der Waals surface area contributed by atoms with Crippen LogP contribution in [-0.4, -0.2) is 22.8 Å². The largest absolute Gasteiger partial charge is 0.340 e. The van der Waals surface area contributed by atoms with Gasteiger partial charge in [-0.2, -0.15) is 0 Å². The first-order valence-electron chi connectivity index (χ1n) is 9.03. The minimum absolute atomic E-state index is 0.334. The van der Waals surface area contributed by atoms with E-state index in [1.165, 1.54) is 11.3 Å². The number of benzene rings is 2. The maximum Gasteiger partial charge on any atom is 0.257 e. The summed E-state index contributed by atoms with van der Waals surface area (Å²) in [6.07, 6.45) is 0. The molecule has 0 aliphatic rings. The number of nitrogens with one attached hydrogen (secondary N) is 2. The summed E-state index contributed by atoms with van der Waals surface area (Å²) in [6.45, 7) is 3.42. The molecular formula is C21H18ClF2N3O2S. The van der Waals surface area contributed by atoms with Crippen molar-refractivity contribution >= 4 is 39.9 Å². The van der Waals surface area contributed by atoms with Crippen LogP contribution >= 0.6 is 22.9 Å². The van der Waals surface area contributed by atoms with Gasteiger partial charge in [0.05, 0.1) is 5.69 Å². The first-order valence-corrected chi connectivity index (χ1v) is 10.3. The Kier molecular flexibility index (Phi) is 6.79. The van der Waals surface area contributed by atoms with E-state index in [-0.39, 0.29) is 5.92 Å². The molecule has 0 bridgehead atoms. The van der Waals surface area contributed by atoms with Crippen LogP contribution < -0.4 is 10.6 Å². The van der Waals surface area contributed by atoms with Crippen molar-refractivity contribution in [3.8, 4) is 11.3 Å². The molecule has 0 saturated heterocycles. The molecule has 2 N–H and O–H groups in total. The van der Waals surface area contributed by atoms with Gasteiger partial charge in [-0.3, -0.25) is 9.59 Å². The number of carbonyl (C=O) groups is 2. The van der Waals surface area contributed by atoms with Crippen LogP contribution in [0.4, 0.5) is 13.9 Å². The van der Waals surface area contributed by atoms with Gasteiger partial charge in [0.25, 0.3) is 5.91 Å². The third-order valence-corrected chi connectivity index (χ3v) is 5.31. The molecule has 1 aromatic heterocycles. The van der Waals surface area contributed by atoms with Crippen molar-refractivity contribution in [1.29, 1.82) is 0 Å². The summed E-state index contributed by atoms with van der Waals surface area (Å²) in [6, 6.07) is 9.20. The SMILES string of the molecule is CC(C)C(NC(=O)c1c(F)cccc1F)C(=O)Nc1nc(-c2ccc(Cl)cc2)cs1. The van der Waals surface area contributed by atoms with Crippen molar-refractivity contribution in [2.24, 2.45) is 5.92 Å². The van der Waals surface area contributed by atoms with Crippen LogP contribution in [-0.2, 0) is 4.79 Å². The zero-order valence-electron chi connectivity index (χ0n) is 16.1. The van der Waals surface area contributed by atoms with Gasteiger partial charge in [-0.05, 0) is 30.2 Å². The number of thiazole rings is 1. The molecule has 0 fully saturated rings. The van der Waals surface area contributed by atoms with Crippen molar-refractivity contribution in [3.05, 3.63) is 70.1 Å². The Labute approximate surface area is 181 Å². The third kappa shape index (κ3) is 5.01. The lowest BCUT2D eigenvalue weighted by Crippen LogP contribution is -2.47. The van der Waals surface area contributed by atoms with Gasteiger partial charge in [-0.15, -0.1) is 11.3 Å². The number of aromatic nitrogens is 1. The molecule has 30 heavy (non-hydrogen) atoms. The van der Waals surface area contributed by atoms with Crippen LogP contribution in [0.2, 0.25) is 5.02 Å². The number of hydrogen-bond acceptors (Lipinski definition) is 4. The lowest BCUT2D eigenvalue weighted by molar-refractivity contribution is -0.118. The van der Waals surface area contributed by atoms with Crippen molar-refractivity contribution in [1.82, 2.24) is 10.3 Å². The summed E-state index contributed by atoms with van der Waals surface area (Å²) >= 11 is 7.10. The first kappa shape index (κ1) is 21.9. The van der Waals surface area contributed by atoms with Gasteiger partial charge in [0.15, 0.2) is 5.13 Å². The van der Waals surface area contributed by atoms with Crippen LogP contribution in [0.1, 0.15) is 24.2 Å². The maximum absolute atomic E-state index is 13.9. The molecule has 156 valence electrons. The number of amides is 2. The lowest BCUT2D eigenvalue weighted by atomic mass is 10.0. The molecule has 2 amide bonds. The second kappa shape index (κ2) is 9.32. The Bertz CT molecular complexity index is 1050. The van der Waals surface area contributed by atoms with Gasteiger partial charge >= 0.3 is 0 Å². The van der Waals surface area contributed by atoms with Crippen LogP contribution in [0.25, 0.3) is 11.3 Å². The Hall–Kier alpha value is -2.84. The van der Waals surface area contributed by atoms with Gasteiger partial charge in [-0.1, -0.05) is 43.6 Å². The average molecular weight is 450 g/mol. The molecule has 0 spiro atoms. The van der Waals surface area contributed by atoms with Crippen molar-refractivity contribution in [3.63, 3.8) is 0 Å². The fourth-order valence-corrected chi connectivity index (χ4v) is 3.58. The second-order valence-corrected chi connectivity index (χ2v) is 8.12. The van der Waals surface area contributed by atoms with Crippen LogP contribution in [0.5, 0.6) is 0 Å². The predicted octanol–water partition coefficient (Wildman–Crippen LogP) is 5.13. The number of halogens is 3. The van der Waals surface area contributed by atoms with Gasteiger partial charge < -0.3 is 10.6 Å². The highest BCUT2D eigenvalue weighted by molar-refractivity contribution is 7.14. The zero-order valence-corrected chi connectivity index (χ0v) is 17.7. The summed E-state index contributed by atoms with van der Waals surface area (Å²) in [5, 5.41) is 7.77. The highest BCUT2D eigenvalue weighted by Crippen LogP contribution is 2.26. The van der Waals surface area contributed by atoms with E-state index in [0.29, 0.717) is 15.8 Å². The van der Waals surface area contributed by atoms with Crippen molar-refractivity contribution < 1.29 is 18.4 Å². The molecule has 0 radical (unpaired) electrons. The molecule has 3 rings (SSSR count). The zero-order chi connectivity index (χ0) is 21.8. The summed E-state index contributed by atoms with van der Waals surface area (Å²) in [4.78, 5) is 29.5. The molecule has 9 heteroatoms. The van der Waals surface area contributed by atoms with Crippen molar-refractivity contribution in [2.75, 3.05) is 5.32 Å². The molecule has 0 saturated carbocycles. The molecule has 1 atom stereocenters. The van der Waals surface area contributed by atoms with E-state index in [2.05, 4.69) is 15.6 Å². The van der Waals surface area contributed by atoms with Gasteiger partial charge in [0.2, 0.25) is 5.91 Å². The topological polar surface area (TPSA) is 71.1 Å².